The van der Waals surface area contributed by atoms with Crippen LogP contribution >= 0.6 is 11.3 Å². The number of carbonyl (C=O) groups is 1. The third kappa shape index (κ3) is 2.43. The van der Waals surface area contributed by atoms with Crippen LogP contribution in [0.25, 0.3) is 0 Å². The maximum atomic E-state index is 11.4. The Balaban J connectivity index is 2.53. The normalized spacial score (nSPS) is 10.2. The van der Waals surface area contributed by atoms with E-state index in [9.17, 15) is 4.79 Å². The molecule has 0 fully saturated rings. The van der Waals surface area contributed by atoms with E-state index in [2.05, 4.69) is 5.32 Å². The van der Waals surface area contributed by atoms with Gasteiger partial charge in [-0.05, 0) is 26.1 Å². The summed E-state index contributed by atoms with van der Waals surface area (Å²) < 4.78 is 0. The molecule has 0 saturated carbocycles. The zero-order chi connectivity index (χ0) is 8.97. The highest BCUT2D eigenvalue weighted by atomic mass is 32.1. The molecule has 1 rings (SSSR count). The molecule has 12 heavy (non-hydrogen) atoms. The van der Waals surface area contributed by atoms with E-state index in [-0.39, 0.29) is 5.78 Å². The van der Waals surface area contributed by atoms with Crippen LogP contribution in [-0.2, 0) is 0 Å². The van der Waals surface area contributed by atoms with Crippen molar-refractivity contribution in [3.8, 4) is 0 Å². The molecular formula is C9H13NOS. The van der Waals surface area contributed by atoms with Crippen LogP contribution in [0.4, 0.5) is 0 Å². The number of hydrogen-bond donors (Lipinski definition) is 1. The Hall–Kier alpha value is -0.670. The second-order valence-electron chi connectivity index (χ2n) is 2.69. The lowest BCUT2D eigenvalue weighted by molar-refractivity contribution is 0.0987. The second-order valence-corrected chi connectivity index (χ2v) is 3.97. The number of aryl methyl sites for hydroxylation is 1. The minimum Gasteiger partial charge on any atom is -0.319 e. The lowest BCUT2D eigenvalue weighted by Gasteiger charge is -1.95. The van der Waals surface area contributed by atoms with E-state index in [1.165, 1.54) is 4.88 Å². The molecule has 0 bridgehead atoms. The molecule has 1 heterocycles. The van der Waals surface area contributed by atoms with E-state index >= 15 is 0 Å². The van der Waals surface area contributed by atoms with Gasteiger partial charge in [0.1, 0.15) is 0 Å². The van der Waals surface area contributed by atoms with Crippen molar-refractivity contribution in [3.63, 3.8) is 0 Å². The maximum Gasteiger partial charge on any atom is 0.174 e. The first-order valence-electron chi connectivity index (χ1n) is 3.98. The Morgan fingerprint density at radius 2 is 2.33 bits per heavy atom. The predicted molar refractivity (Wildman–Crippen MR) is 51.9 cm³/mol. The van der Waals surface area contributed by atoms with Crippen molar-refractivity contribution in [2.45, 2.75) is 13.3 Å². The van der Waals surface area contributed by atoms with Crippen molar-refractivity contribution in [3.05, 3.63) is 21.9 Å². The molecule has 0 aliphatic carbocycles. The summed E-state index contributed by atoms with van der Waals surface area (Å²) in [7, 11) is 1.85. The summed E-state index contributed by atoms with van der Waals surface area (Å²) in [4.78, 5) is 13.5. The average Bonchev–Trinajstić information content (AvgIpc) is 2.47. The van der Waals surface area contributed by atoms with Gasteiger partial charge in [0.05, 0.1) is 4.88 Å². The molecule has 0 unspecified atom stereocenters. The summed E-state index contributed by atoms with van der Waals surface area (Å²) in [5.41, 5.74) is 0. The highest BCUT2D eigenvalue weighted by Crippen LogP contribution is 2.16. The Labute approximate surface area is 76.6 Å². The molecule has 66 valence electrons. The Bertz CT molecular complexity index is 267. The van der Waals surface area contributed by atoms with E-state index in [1.54, 1.807) is 11.3 Å². The second kappa shape index (κ2) is 4.38. The van der Waals surface area contributed by atoms with Gasteiger partial charge in [0.15, 0.2) is 5.78 Å². The number of ketones is 1. The molecule has 0 aliphatic rings. The number of hydrogen-bond acceptors (Lipinski definition) is 3. The molecular weight excluding hydrogens is 170 g/mol. The van der Waals surface area contributed by atoms with Crippen LogP contribution in [-0.4, -0.2) is 19.4 Å². The van der Waals surface area contributed by atoms with E-state index < -0.39 is 0 Å². The summed E-state index contributed by atoms with van der Waals surface area (Å²) in [6.07, 6.45) is 0.594. The SMILES string of the molecule is CNCCC(=O)c1ccc(C)s1. The van der Waals surface area contributed by atoms with Gasteiger partial charge in [0, 0.05) is 17.8 Å². The van der Waals surface area contributed by atoms with Gasteiger partial charge in [-0.1, -0.05) is 0 Å². The molecule has 0 atom stereocenters. The number of nitrogens with one attached hydrogen (secondary N) is 1. The first-order valence-corrected chi connectivity index (χ1v) is 4.80. The fraction of sp³-hybridized carbons (Fsp3) is 0.444. The van der Waals surface area contributed by atoms with Crippen molar-refractivity contribution < 1.29 is 4.79 Å². The first-order chi connectivity index (χ1) is 5.74. The summed E-state index contributed by atoms with van der Waals surface area (Å²) in [5.74, 6) is 0.238. The zero-order valence-electron chi connectivity index (χ0n) is 7.39. The van der Waals surface area contributed by atoms with E-state index in [0.29, 0.717) is 6.42 Å². The average molecular weight is 183 g/mol. The van der Waals surface area contributed by atoms with Crippen LogP contribution in [0.1, 0.15) is 21.0 Å². The first kappa shape index (κ1) is 9.42. The third-order valence-electron chi connectivity index (χ3n) is 1.62. The Morgan fingerprint density at radius 1 is 1.58 bits per heavy atom. The molecule has 0 spiro atoms. The summed E-state index contributed by atoms with van der Waals surface area (Å²) in [5, 5.41) is 2.96. The molecule has 0 aliphatic heterocycles. The third-order valence-corrected chi connectivity index (χ3v) is 2.66. The molecule has 2 nitrogen and oxygen atoms in total. The van der Waals surface area contributed by atoms with Gasteiger partial charge in [-0.15, -0.1) is 11.3 Å². The van der Waals surface area contributed by atoms with Gasteiger partial charge in [-0.25, -0.2) is 0 Å². The number of carbonyl (C=O) groups excluding carboxylic acids is 1. The summed E-state index contributed by atoms with van der Waals surface area (Å²) >= 11 is 1.57. The minimum atomic E-state index is 0.238. The fourth-order valence-corrected chi connectivity index (χ4v) is 1.78. The van der Waals surface area contributed by atoms with E-state index in [1.807, 2.05) is 26.1 Å². The highest BCUT2D eigenvalue weighted by molar-refractivity contribution is 7.14. The molecule has 0 amide bonds. The Morgan fingerprint density at radius 3 is 2.83 bits per heavy atom. The molecule has 1 N–H and O–H groups in total. The van der Waals surface area contributed by atoms with Crippen molar-refractivity contribution in [1.29, 1.82) is 0 Å². The van der Waals surface area contributed by atoms with Crippen LogP contribution in [0.15, 0.2) is 12.1 Å². The fourth-order valence-electron chi connectivity index (χ4n) is 0.946. The number of Topliss-reactive ketones (excluding diaryl/α,β-unsaturated/α-hetero) is 1. The van der Waals surface area contributed by atoms with Crippen LogP contribution in [0.3, 0.4) is 0 Å². The van der Waals surface area contributed by atoms with Gasteiger partial charge in [0.2, 0.25) is 0 Å². The van der Waals surface area contributed by atoms with Crippen LogP contribution < -0.4 is 5.32 Å². The monoisotopic (exact) mass is 183 g/mol. The van der Waals surface area contributed by atoms with Gasteiger partial charge >= 0.3 is 0 Å². The van der Waals surface area contributed by atoms with E-state index in [0.717, 1.165) is 11.4 Å². The molecule has 0 radical (unpaired) electrons. The standard InChI is InChI=1S/C9H13NOS/c1-7-3-4-9(12-7)8(11)5-6-10-2/h3-4,10H,5-6H2,1-2H3. The zero-order valence-corrected chi connectivity index (χ0v) is 8.20. The van der Waals surface area contributed by atoms with Crippen LogP contribution in [0, 0.1) is 6.92 Å². The summed E-state index contributed by atoms with van der Waals surface area (Å²) in [6, 6.07) is 3.88. The largest absolute Gasteiger partial charge is 0.319 e. The lowest BCUT2D eigenvalue weighted by Crippen LogP contribution is -2.12. The van der Waals surface area contributed by atoms with Gasteiger partial charge < -0.3 is 5.32 Å². The summed E-state index contributed by atoms with van der Waals surface area (Å²) in [6.45, 7) is 2.77. The van der Waals surface area contributed by atoms with Gasteiger partial charge in [-0.2, -0.15) is 0 Å². The minimum absolute atomic E-state index is 0.238. The van der Waals surface area contributed by atoms with Crippen molar-refractivity contribution >= 4 is 17.1 Å². The van der Waals surface area contributed by atoms with Crippen molar-refractivity contribution in [2.75, 3.05) is 13.6 Å². The smallest absolute Gasteiger partial charge is 0.174 e. The van der Waals surface area contributed by atoms with Crippen LogP contribution in [0.2, 0.25) is 0 Å². The van der Waals surface area contributed by atoms with Crippen LogP contribution in [0.5, 0.6) is 0 Å². The highest BCUT2D eigenvalue weighted by Gasteiger charge is 2.06. The topological polar surface area (TPSA) is 29.1 Å². The van der Waals surface area contributed by atoms with Crippen molar-refractivity contribution in [2.24, 2.45) is 0 Å². The number of rotatable bonds is 4. The number of thiophene rings is 1. The van der Waals surface area contributed by atoms with Gasteiger partial charge in [0.25, 0.3) is 0 Å². The molecule has 3 heteroatoms. The predicted octanol–water partition coefficient (Wildman–Crippen LogP) is 1.85. The quantitative estimate of drug-likeness (QED) is 0.722. The molecule has 1 aromatic rings. The molecule has 0 saturated heterocycles. The van der Waals surface area contributed by atoms with E-state index in [4.69, 9.17) is 0 Å². The maximum absolute atomic E-state index is 11.4. The van der Waals surface area contributed by atoms with Crippen molar-refractivity contribution in [1.82, 2.24) is 5.32 Å². The Kier molecular flexibility index (Phi) is 3.44. The van der Waals surface area contributed by atoms with Gasteiger partial charge in [-0.3, -0.25) is 4.79 Å². The molecule has 1 aromatic heterocycles. The molecule has 0 aromatic carbocycles. The lowest BCUT2D eigenvalue weighted by atomic mass is 10.2.